The zero-order chi connectivity index (χ0) is 33.9. The van der Waals surface area contributed by atoms with Gasteiger partial charge in [0.25, 0.3) is 0 Å². The molecule has 236 valence electrons. The molecule has 2 aromatic heterocycles. The molecule has 3 nitrogen and oxygen atoms in total. The Hall–Kier alpha value is -7.02. The lowest BCUT2D eigenvalue weighted by atomic mass is 9.88. The molecular formula is C48H29N3. The van der Waals surface area contributed by atoms with Crippen LogP contribution in [0.25, 0.3) is 98.3 Å². The van der Waals surface area contributed by atoms with Crippen LogP contribution in [0.4, 0.5) is 5.69 Å². The summed E-state index contributed by atoms with van der Waals surface area (Å²) in [5.74, 6) is 0. The van der Waals surface area contributed by atoms with E-state index in [1.165, 1.54) is 37.9 Å². The van der Waals surface area contributed by atoms with Crippen molar-refractivity contribution in [2.45, 2.75) is 0 Å². The van der Waals surface area contributed by atoms with Crippen LogP contribution in [-0.4, -0.2) is 9.55 Å². The van der Waals surface area contributed by atoms with Crippen molar-refractivity contribution in [2.24, 2.45) is 0 Å². The van der Waals surface area contributed by atoms with Gasteiger partial charge >= 0.3 is 0 Å². The molecule has 51 heavy (non-hydrogen) atoms. The molecule has 0 atom stereocenters. The molecule has 0 fully saturated rings. The first-order valence-corrected chi connectivity index (χ1v) is 17.2. The van der Waals surface area contributed by atoms with Crippen molar-refractivity contribution in [3.63, 3.8) is 0 Å². The fraction of sp³-hybridized carbons (Fsp3) is 0. The molecule has 0 aliphatic rings. The van der Waals surface area contributed by atoms with Gasteiger partial charge in [-0.15, -0.1) is 0 Å². The van der Waals surface area contributed by atoms with Crippen LogP contribution < -0.4 is 0 Å². The van der Waals surface area contributed by atoms with E-state index in [0.29, 0.717) is 5.69 Å². The maximum atomic E-state index is 7.74. The third-order valence-corrected chi connectivity index (χ3v) is 10.2. The van der Waals surface area contributed by atoms with E-state index in [1.54, 1.807) is 0 Å². The van der Waals surface area contributed by atoms with Gasteiger partial charge in [0.05, 0.1) is 29.0 Å². The molecule has 8 aromatic carbocycles. The highest BCUT2D eigenvalue weighted by Gasteiger charge is 2.18. The topological polar surface area (TPSA) is 22.2 Å². The molecule has 0 unspecified atom stereocenters. The van der Waals surface area contributed by atoms with Crippen molar-refractivity contribution >= 4 is 59.8 Å². The minimum Gasteiger partial charge on any atom is -0.309 e. The Morgan fingerprint density at radius 1 is 0.392 bits per heavy atom. The molecule has 3 heteroatoms. The first-order valence-electron chi connectivity index (χ1n) is 17.2. The highest BCUT2D eigenvalue weighted by Crippen LogP contribution is 2.43. The first-order chi connectivity index (χ1) is 25.2. The van der Waals surface area contributed by atoms with E-state index < -0.39 is 0 Å². The van der Waals surface area contributed by atoms with Crippen LogP contribution in [-0.2, 0) is 0 Å². The maximum absolute atomic E-state index is 7.74. The molecule has 2 heterocycles. The molecule has 0 aliphatic heterocycles. The molecule has 0 spiro atoms. The Morgan fingerprint density at radius 3 is 1.67 bits per heavy atom. The minimum absolute atomic E-state index is 0.641. The van der Waals surface area contributed by atoms with Gasteiger partial charge in [0.1, 0.15) is 0 Å². The van der Waals surface area contributed by atoms with Crippen LogP contribution in [0.5, 0.6) is 0 Å². The summed E-state index contributed by atoms with van der Waals surface area (Å²) in [5.41, 5.74) is 10.4. The van der Waals surface area contributed by atoms with E-state index in [4.69, 9.17) is 11.6 Å². The van der Waals surface area contributed by atoms with Crippen LogP contribution >= 0.6 is 0 Å². The fourth-order valence-corrected chi connectivity index (χ4v) is 7.86. The highest BCUT2D eigenvalue weighted by atomic mass is 15.0. The Bertz CT molecular complexity index is 3020. The number of hydrogen-bond acceptors (Lipinski definition) is 1. The standard InChI is InChI=1S/C48H29N3/c1-49-33-24-26-48-44(28-33)43-27-32(23-25-47(43)51(48)34-15-6-3-7-16-34)39-29-40-37-19-10-11-20-38(37)42(30-41(40)36-18-9-8-17-35(36)39)46-22-12-21-45(50-46)31-13-4-2-5-14-31/h2-30H. The number of para-hydroxylation sites is 1. The third-order valence-electron chi connectivity index (χ3n) is 10.2. The molecule has 10 rings (SSSR count). The maximum Gasteiger partial charge on any atom is 0.188 e. The van der Waals surface area contributed by atoms with Crippen molar-refractivity contribution < 1.29 is 0 Å². The summed E-state index contributed by atoms with van der Waals surface area (Å²) >= 11 is 0. The van der Waals surface area contributed by atoms with Crippen molar-refractivity contribution in [3.05, 3.63) is 187 Å². The van der Waals surface area contributed by atoms with E-state index in [2.05, 4.69) is 161 Å². The third kappa shape index (κ3) is 4.62. The Balaban J connectivity index is 1.24. The summed E-state index contributed by atoms with van der Waals surface area (Å²) in [6.45, 7) is 7.74. The second kappa shape index (κ2) is 11.6. The predicted molar refractivity (Wildman–Crippen MR) is 214 cm³/mol. The Labute approximate surface area is 295 Å². The van der Waals surface area contributed by atoms with Gasteiger partial charge in [-0.05, 0) is 109 Å². The summed E-state index contributed by atoms with van der Waals surface area (Å²) in [6, 6.07) is 62.1. The number of aromatic nitrogens is 2. The van der Waals surface area contributed by atoms with Crippen molar-refractivity contribution in [1.82, 2.24) is 9.55 Å². The lowest BCUT2D eigenvalue weighted by molar-refractivity contribution is 1.18. The quantitative estimate of drug-likeness (QED) is 0.138. The fourth-order valence-electron chi connectivity index (χ4n) is 7.86. The Morgan fingerprint density at radius 2 is 0.961 bits per heavy atom. The lowest BCUT2D eigenvalue weighted by Gasteiger charge is -2.16. The number of pyridine rings is 1. The molecule has 0 bridgehead atoms. The van der Waals surface area contributed by atoms with E-state index in [9.17, 15) is 0 Å². The summed E-state index contributed by atoms with van der Waals surface area (Å²) < 4.78 is 2.30. The van der Waals surface area contributed by atoms with Crippen LogP contribution in [0.1, 0.15) is 0 Å². The summed E-state index contributed by atoms with van der Waals surface area (Å²) in [7, 11) is 0. The average molecular weight is 648 g/mol. The summed E-state index contributed by atoms with van der Waals surface area (Å²) in [4.78, 5) is 8.96. The van der Waals surface area contributed by atoms with E-state index in [1.807, 2.05) is 24.3 Å². The molecule has 0 N–H and O–H groups in total. The van der Waals surface area contributed by atoms with Crippen molar-refractivity contribution in [3.8, 4) is 39.3 Å². The largest absolute Gasteiger partial charge is 0.309 e. The number of fused-ring (bicyclic) bond motifs is 8. The smallest absolute Gasteiger partial charge is 0.188 e. The van der Waals surface area contributed by atoms with Crippen molar-refractivity contribution in [1.29, 1.82) is 0 Å². The first kappa shape index (κ1) is 28.9. The molecular weight excluding hydrogens is 619 g/mol. The molecule has 0 aliphatic carbocycles. The van der Waals surface area contributed by atoms with E-state index >= 15 is 0 Å². The van der Waals surface area contributed by atoms with Gasteiger partial charge in [0.15, 0.2) is 5.69 Å². The number of nitrogens with zero attached hydrogens (tertiary/aromatic N) is 3. The number of benzene rings is 8. The van der Waals surface area contributed by atoms with Gasteiger partial charge in [-0.1, -0.05) is 115 Å². The molecule has 0 amide bonds. The number of hydrogen-bond donors (Lipinski definition) is 0. The van der Waals surface area contributed by atoms with Gasteiger partial charge in [0.2, 0.25) is 0 Å². The monoisotopic (exact) mass is 647 g/mol. The zero-order valence-corrected chi connectivity index (χ0v) is 27.6. The predicted octanol–water partition coefficient (Wildman–Crippen LogP) is 13.2. The molecule has 0 saturated carbocycles. The second-order valence-corrected chi connectivity index (χ2v) is 13.0. The number of rotatable bonds is 4. The average Bonchev–Trinajstić information content (AvgIpc) is 3.53. The van der Waals surface area contributed by atoms with Crippen LogP contribution in [0.3, 0.4) is 0 Å². The zero-order valence-electron chi connectivity index (χ0n) is 27.6. The van der Waals surface area contributed by atoms with Gasteiger partial charge in [0, 0.05) is 22.2 Å². The molecule has 0 radical (unpaired) electrons. The van der Waals surface area contributed by atoms with Crippen LogP contribution in [0, 0.1) is 6.57 Å². The molecule has 10 aromatic rings. The SMILES string of the molecule is [C-]#[N+]c1ccc2c(c1)c1cc(-c3cc4c5ccccc5c(-c5cccc(-c6ccccc6)n5)cc4c4ccccc34)ccc1n2-c1ccccc1. The minimum atomic E-state index is 0.641. The molecule has 0 saturated heterocycles. The lowest BCUT2D eigenvalue weighted by Crippen LogP contribution is -1.93. The van der Waals surface area contributed by atoms with Gasteiger partial charge in [-0.2, -0.15) is 0 Å². The van der Waals surface area contributed by atoms with E-state index in [-0.39, 0.29) is 0 Å². The van der Waals surface area contributed by atoms with Gasteiger partial charge in [-0.3, -0.25) is 0 Å². The summed E-state index contributed by atoms with van der Waals surface area (Å²) in [6.07, 6.45) is 0. The van der Waals surface area contributed by atoms with Gasteiger partial charge in [-0.25, -0.2) is 9.83 Å². The van der Waals surface area contributed by atoms with E-state index in [0.717, 1.165) is 55.6 Å². The van der Waals surface area contributed by atoms with Crippen molar-refractivity contribution in [2.75, 3.05) is 0 Å². The highest BCUT2D eigenvalue weighted by molar-refractivity contribution is 6.24. The van der Waals surface area contributed by atoms with Crippen LogP contribution in [0.15, 0.2) is 176 Å². The second-order valence-electron chi connectivity index (χ2n) is 13.0. The Kier molecular flexibility index (Phi) is 6.56. The normalized spacial score (nSPS) is 11.5. The van der Waals surface area contributed by atoms with Crippen LogP contribution in [0.2, 0.25) is 0 Å². The summed E-state index contributed by atoms with van der Waals surface area (Å²) in [5, 5.41) is 9.41. The van der Waals surface area contributed by atoms with Gasteiger partial charge < -0.3 is 4.57 Å².